The number of benzene rings is 1. The molecule has 1 aromatic carbocycles. The van der Waals surface area contributed by atoms with Gasteiger partial charge in [0.2, 0.25) is 10.0 Å². The van der Waals surface area contributed by atoms with Crippen LogP contribution in [0.4, 0.5) is 4.39 Å². The highest BCUT2D eigenvalue weighted by atomic mass is 35.5. The van der Waals surface area contributed by atoms with Gasteiger partial charge in [0.05, 0.1) is 16.5 Å². The van der Waals surface area contributed by atoms with Crippen LogP contribution < -0.4 is 10.6 Å². The van der Waals surface area contributed by atoms with Gasteiger partial charge in [0.25, 0.3) is 0 Å². The molecular weight excluding hydrogens is 368 g/mol. The van der Waals surface area contributed by atoms with E-state index in [1.165, 1.54) is 12.1 Å². The largest absolute Gasteiger partial charge is 0.497 e. The quantitative estimate of drug-likeness (QED) is 0.782. The molecule has 9 heteroatoms. The summed E-state index contributed by atoms with van der Waals surface area (Å²) in [6.45, 7) is 9.15. The van der Waals surface area contributed by atoms with E-state index < -0.39 is 39.4 Å². The molecule has 2 N–H and O–H groups in total. The summed E-state index contributed by atoms with van der Waals surface area (Å²) in [6.07, 6.45) is 0.213. The fourth-order valence-electron chi connectivity index (χ4n) is 2.70. The van der Waals surface area contributed by atoms with Crippen molar-refractivity contribution in [3.05, 3.63) is 28.5 Å². The van der Waals surface area contributed by atoms with Gasteiger partial charge in [0, 0.05) is 10.5 Å². The van der Waals surface area contributed by atoms with Gasteiger partial charge in [-0.3, -0.25) is 0 Å². The molecule has 5 nitrogen and oxygen atoms in total. The molecule has 0 bridgehead atoms. The summed E-state index contributed by atoms with van der Waals surface area (Å²) in [4.78, 5) is 0. The third-order valence-corrected chi connectivity index (χ3v) is 6.66. The van der Waals surface area contributed by atoms with E-state index in [9.17, 15) is 8.42 Å². The van der Waals surface area contributed by atoms with Crippen molar-refractivity contribution in [1.29, 1.82) is 0 Å². The molecule has 1 saturated heterocycles. The molecule has 2 rings (SSSR count). The van der Waals surface area contributed by atoms with Crippen molar-refractivity contribution in [2.75, 3.05) is 0 Å². The zero-order valence-electron chi connectivity index (χ0n) is 15.1. The van der Waals surface area contributed by atoms with Gasteiger partial charge in [-0.05, 0) is 58.2 Å². The second-order valence-corrected chi connectivity index (χ2v) is 9.66. The minimum Gasteiger partial charge on any atom is -0.399 e. The molecule has 1 aliphatic rings. The molecule has 1 fully saturated rings. The summed E-state index contributed by atoms with van der Waals surface area (Å²) >= 11 is 6.12. The SMILES string of the molecule is CCC(Cc1cc(Cl)cc(B2OC(C)(C)C(C)(C)O2)c1F)S(N)(=O)=O. The Balaban J connectivity index is 2.41. The Kier molecular flexibility index (Phi) is 5.63. The third-order valence-electron chi connectivity index (χ3n) is 5.02. The van der Waals surface area contributed by atoms with E-state index in [-0.39, 0.29) is 28.9 Å². The fourth-order valence-corrected chi connectivity index (χ4v) is 3.82. The average molecular weight is 392 g/mol. The van der Waals surface area contributed by atoms with Crippen molar-refractivity contribution >= 4 is 34.2 Å². The predicted octanol–water partition coefficient (Wildman–Crippen LogP) is 2.39. The Hall–Kier alpha value is -0.665. The van der Waals surface area contributed by atoms with Crippen LogP contribution in [0.25, 0.3) is 0 Å². The van der Waals surface area contributed by atoms with Crippen molar-refractivity contribution in [2.24, 2.45) is 5.14 Å². The first-order chi connectivity index (χ1) is 11.3. The molecule has 0 aromatic heterocycles. The lowest BCUT2D eigenvalue weighted by molar-refractivity contribution is 0.00578. The minimum atomic E-state index is -3.78. The molecule has 1 atom stereocenters. The second-order valence-electron chi connectivity index (χ2n) is 7.38. The molecule has 0 amide bonds. The molecule has 140 valence electrons. The monoisotopic (exact) mass is 391 g/mol. The van der Waals surface area contributed by atoms with E-state index in [1.54, 1.807) is 6.92 Å². The van der Waals surface area contributed by atoms with E-state index >= 15 is 4.39 Å². The Morgan fingerprint density at radius 1 is 1.24 bits per heavy atom. The molecular formula is C16H24BClFNO4S. The van der Waals surface area contributed by atoms with E-state index in [1.807, 2.05) is 27.7 Å². The molecule has 0 spiro atoms. The molecule has 1 unspecified atom stereocenters. The van der Waals surface area contributed by atoms with Gasteiger partial charge >= 0.3 is 7.12 Å². The van der Waals surface area contributed by atoms with Crippen molar-refractivity contribution in [2.45, 2.75) is 63.9 Å². The third kappa shape index (κ3) is 4.19. The second kappa shape index (κ2) is 6.81. The van der Waals surface area contributed by atoms with E-state index in [0.29, 0.717) is 0 Å². The lowest BCUT2D eigenvalue weighted by Crippen LogP contribution is -2.41. The summed E-state index contributed by atoms with van der Waals surface area (Å²) in [7, 11) is -4.70. The van der Waals surface area contributed by atoms with E-state index in [2.05, 4.69) is 0 Å². The molecule has 1 aromatic rings. The van der Waals surface area contributed by atoms with Gasteiger partial charge in [0.1, 0.15) is 5.82 Å². The van der Waals surface area contributed by atoms with Crippen molar-refractivity contribution in [3.63, 3.8) is 0 Å². The van der Waals surface area contributed by atoms with Crippen molar-refractivity contribution in [3.8, 4) is 0 Å². The average Bonchev–Trinajstić information content (AvgIpc) is 2.66. The Morgan fingerprint density at radius 2 is 1.76 bits per heavy atom. The number of rotatable bonds is 5. The maximum absolute atomic E-state index is 15.0. The van der Waals surface area contributed by atoms with Gasteiger partial charge < -0.3 is 9.31 Å². The predicted molar refractivity (Wildman–Crippen MR) is 98.0 cm³/mol. The van der Waals surface area contributed by atoms with Gasteiger partial charge in [0.15, 0.2) is 0 Å². The van der Waals surface area contributed by atoms with Crippen LogP contribution in [0.5, 0.6) is 0 Å². The van der Waals surface area contributed by atoms with Crippen LogP contribution in [0.15, 0.2) is 12.1 Å². The summed E-state index contributed by atoms with van der Waals surface area (Å²) in [5.41, 5.74) is -0.915. The van der Waals surface area contributed by atoms with Gasteiger partial charge in [-0.1, -0.05) is 18.5 Å². The minimum absolute atomic E-state index is 0.0613. The summed E-state index contributed by atoms with van der Waals surface area (Å²) in [6, 6.07) is 2.86. The number of nitrogens with two attached hydrogens (primary N) is 1. The highest BCUT2D eigenvalue weighted by Gasteiger charge is 2.52. The number of sulfonamides is 1. The fraction of sp³-hybridized carbons (Fsp3) is 0.625. The molecule has 0 aliphatic carbocycles. The summed E-state index contributed by atoms with van der Waals surface area (Å²) < 4.78 is 50.1. The van der Waals surface area contributed by atoms with Crippen molar-refractivity contribution < 1.29 is 22.1 Å². The lowest BCUT2D eigenvalue weighted by Gasteiger charge is -2.32. The Morgan fingerprint density at radius 3 is 2.20 bits per heavy atom. The zero-order valence-corrected chi connectivity index (χ0v) is 16.7. The van der Waals surface area contributed by atoms with Crippen LogP contribution in [-0.2, 0) is 25.8 Å². The molecule has 0 radical (unpaired) electrons. The maximum Gasteiger partial charge on any atom is 0.497 e. The molecule has 1 heterocycles. The number of primary sulfonamides is 1. The maximum atomic E-state index is 15.0. The zero-order chi connectivity index (χ0) is 19.2. The highest BCUT2D eigenvalue weighted by molar-refractivity contribution is 7.89. The van der Waals surface area contributed by atoms with Crippen LogP contribution in [-0.4, -0.2) is 32.0 Å². The molecule has 1 aliphatic heterocycles. The Labute approximate surface area is 154 Å². The standard InChI is InChI=1S/C16H24BClFNO4S/c1-6-12(25(20,21)22)8-10-7-11(18)9-13(14(10)19)17-23-15(2,3)16(4,5)24-17/h7,9,12H,6,8H2,1-5H3,(H2,20,21,22). The van der Waals surface area contributed by atoms with Crippen LogP contribution in [0.1, 0.15) is 46.6 Å². The van der Waals surface area contributed by atoms with E-state index in [4.69, 9.17) is 26.0 Å². The van der Waals surface area contributed by atoms with Gasteiger partial charge in [-0.2, -0.15) is 0 Å². The van der Waals surface area contributed by atoms with E-state index in [0.717, 1.165) is 0 Å². The Bertz CT molecular complexity index is 754. The van der Waals surface area contributed by atoms with Crippen LogP contribution in [0, 0.1) is 5.82 Å². The lowest BCUT2D eigenvalue weighted by atomic mass is 9.77. The summed E-state index contributed by atoms with van der Waals surface area (Å²) in [5.74, 6) is -0.579. The summed E-state index contributed by atoms with van der Waals surface area (Å²) in [5, 5.41) is 4.62. The number of halogens is 2. The van der Waals surface area contributed by atoms with Gasteiger partial charge in [-0.15, -0.1) is 0 Å². The normalized spacial score (nSPS) is 20.7. The number of hydrogen-bond acceptors (Lipinski definition) is 4. The first-order valence-electron chi connectivity index (χ1n) is 8.13. The first-order valence-corrected chi connectivity index (χ1v) is 10.1. The molecule has 25 heavy (non-hydrogen) atoms. The number of hydrogen-bond donors (Lipinski definition) is 1. The van der Waals surface area contributed by atoms with Crippen molar-refractivity contribution in [1.82, 2.24) is 0 Å². The van der Waals surface area contributed by atoms with Crippen LogP contribution in [0.2, 0.25) is 5.02 Å². The molecule has 0 saturated carbocycles. The first kappa shape index (κ1) is 20.6. The smallest absolute Gasteiger partial charge is 0.399 e. The van der Waals surface area contributed by atoms with Crippen LogP contribution in [0.3, 0.4) is 0 Å². The van der Waals surface area contributed by atoms with Gasteiger partial charge in [-0.25, -0.2) is 17.9 Å². The topological polar surface area (TPSA) is 78.6 Å². The highest BCUT2D eigenvalue weighted by Crippen LogP contribution is 2.37. The van der Waals surface area contributed by atoms with Crippen LogP contribution >= 0.6 is 11.6 Å².